The summed E-state index contributed by atoms with van der Waals surface area (Å²) in [6.07, 6.45) is 0. The van der Waals surface area contributed by atoms with Crippen molar-refractivity contribution in [1.82, 2.24) is 9.78 Å². The van der Waals surface area contributed by atoms with Crippen LogP contribution < -0.4 is 5.32 Å². The van der Waals surface area contributed by atoms with Gasteiger partial charge in [0.1, 0.15) is 0 Å². The van der Waals surface area contributed by atoms with Crippen LogP contribution in [0.15, 0.2) is 18.2 Å². The molecule has 1 aromatic heterocycles. The van der Waals surface area contributed by atoms with Gasteiger partial charge in [0, 0.05) is 18.5 Å². The molecule has 0 aliphatic carbocycles. The fourth-order valence-electron chi connectivity index (χ4n) is 1.78. The summed E-state index contributed by atoms with van der Waals surface area (Å²) in [6, 6.07) is 5.26. The van der Waals surface area contributed by atoms with Gasteiger partial charge in [0.15, 0.2) is 5.82 Å². The molecule has 0 atom stereocenters. The molecule has 0 aliphatic heterocycles. The highest BCUT2D eigenvalue weighted by Crippen LogP contribution is 2.24. The molecule has 0 fully saturated rings. The largest absolute Gasteiger partial charge is 0.478 e. The number of anilines is 1. The molecule has 0 amide bonds. The molecule has 0 radical (unpaired) electrons. The number of nitrogens with zero attached hydrogens (tertiary/aromatic N) is 2. The van der Waals surface area contributed by atoms with Crippen molar-refractivity contribution < 1.29 is 9.90 Å². The first-order chi connectivity index (χ1) is 7.99. The van der Waals surface area contributed by atoms with Gasteiger partial charge in [-0.15, -0.1) is 0 Å². The average Bonchev–Trinajstić information content (AvgIpc) is 2.54. The van der Waals surface area contributed by atoms with Crippen molar-refractivity contribution in [3.05, 3.63) is 23.8 Å². The van der Waals surface area contributed by atoms with Crippen LogP contribution in [-0.2, 0) is 7.05 Å². The van der Waals surface area contributed by atoms with Gasteiger partial charge in [-0.3, -0.25) is 4.68 Å². The number of hydrogen-bond donors (Lipinski definition) is 2. The first-order valence-electron chi connectivity index (χ1n) is 5.45. The van der Waals surface area contributed by atoms with Crippen LogP contribution in [0, 0.1) is 0 Å². The highest BCUT2D eigenvalue weighted by Gasteiger charge is 2.12. The lowest BCUT2D eigenvalue weighted by Crippen LogP contribution is -2.10. The van der Waals surface area contributed by atoms with Gasteiger partial charge < -0.3 is 10.4 Å². The Bertz CT molecular complexity index is 572. The molecular weight excluding hydrogens is 218 g/mol. The maximum atomic E-state index is 10.9. The maximum absolute atomic E-state index is 10.9. The van der Waals surface area contributed by atoms with Crippen molar-refractivity contribution in [2.24, 2.45) is 7.05 Å². The summed E-state index contributed by atoms with van der Waals surface area (Å²) >= 11 is 0. The Morgan fingerprint density at radius 1 is 1.47 bits per heavy atom. The molecule has 0 saturated carbocycles. The summed E-state index contributed by atoms with van der Waals surface area (Å²) in [5, 5.41) is 17.4. The minimum absolute atomic E-state index is 0.251. The lowest BCUT2D eigenvalue weighted by atomic mass is 10.1. The van der Waals surface area contributed by atoms with Crippen LogP contribution in [0.2, 0.25) is 0 Å². The van der Waals surface area contributed by atoms with E-state index in [2.05, 4.69) is 10.4 Å². The minimum atomic E-state index is -0.925. The molecule has 0 spiro atoms. The van der Waals surface area contributed by atoms with E-state index in [0.29, 0.717) is 0 Å². The van der Waals surface area contributed by atoms with Crippen LogP contribution in [0.5, 0.6) is 0 Å². The summed E-state index contributed by atoms with van der Waals surface area (Å²) in [5.41, 5.74) is 1.19. The van der Waals surface area contributed by atoms with Crippen LogP contribution >= 0.6 is 0 Å². The van der Waals surface area contributed by atoms with Crippen LogP contribution in [0.4, 0.5) is 5.82 Å². The van der Waals surface area contributed by atoms with Crippen molar-refractivity contribution in [1.29, 1.82) is 0 Å². The van der Waals surface area contributed by atoms with E-state index >= 15 is 0 Å². The Kier molecular flexibility index (Phi) is 2.75. The quantitative estimate of drug-likeness (QED) is 0.851. The molecule has 2 N–H and O–H groups in total. The lowest BCUT2D eigenvalue weighted by Gasteiger charge is -2.06. The monoisotopic (exact) mass is 233 g/mol. The summed E-state index contributed by atoms with van der Waals surface area (Å²) in [6.45, 7) is 4.03. The van der Waals surface area contributed by atoms with E-state index in [1.807, 2.05) is 20.9 Å². The van der Waals surface area contributed by atoms with Crippen molar-refractivity contribution in [2.45, 2.75) is 19.9 Å². The third kappa shape index (κ3) is 2.08. The minimum Gasteiger partial charge on any atom is -0.478 e. The van der Waals surface area contributed by atoms with Gasteiger partial charge in [-0.1, -0.05) is 0 Å². The number of carboxylic acid groups (broad SMARTS) is 1. The van der Waals surface area contributed by atoms with Crippen LogP contribution in [0.1, 0.15) is 24.2 Å². The Labute approximate surface area is 99.1 Å². The van der Waals surface area contributed by atoms with E-state index in [-0.39, 0.29) is 11.6 Å². The number of aryl methyl sites for hydroxylation is 1. The van der Waals surface area contributed by atoms with E-state index in [4.69, 9.17) is 5.11 Å². The topological polar surface area (TPSA) is 67.2 Å². The van der Waals surface area contributed by atoms with Gasteiger partial charge in [-0.05, 0) is 32.0 Å². The Morgan fingerprint density at radius 2 is 2.18 bits per heavy atom. The number of carbonyl (C=O) groups is 1. The van der Waals surface area contributed by atoms with E-state index in [1.54, 1.807) is 22.9 Å². The second kappa shape index (κ2) is 4.08. The Balaban J connectivity index is 2.60. The number of carboxylic acids is 1. The van der Waals surface area contributed by atoms with Gasteiger partial charge in [0.2, 0.25) is 0 Å². The van der Waals surface area contributed by atoms with Gasteiger partial charge in [-0.25, -0.2) is 4.79 Å². The third-order valence-corrected chi connectivity index (χ3v) is 2.52. The summed E-state index contributed by atoms with van der Waals surface area (Å²) in [5.74, 6) is -0.202. The molecule has 2 aromatic rings. The number of aromatic carboxylic acids is 1. The molecule has 0 aliphatic rings. The zero-order valence-electron chi connectivity index (χ0n) is 10.1. The van der Waals surface area contributed by atoms with Gasteiger partial charge in [0.25, 0.3) is 0 Å². The molecule has 0 bridgehead atoms. The summed E-state index contributed by atoms with van der Waals surface area (Å²) in [4.78, 5) is 10.9. The third-order valence-electron chi connectivity index (χ3n) is 2.52. The fraction of sp³-hybridized carbons (Fsp3) is 0.333. The van der Waals surface area contributed by atoms with Gasteiger partial charge >= 0.3 is 5.97 Å². The predicted molar refractivity (Wildman–Crippen MR) is 66.4 cm³/mol. The molecule has 0 unspecified atom stereocenters. The van der Waals surface area contributed by atoms with E-state index in [9.17, 15) is 4.79 Å². The zero-order valence-corrected chi connectivity index (χ0v) is 10.1. The van der Waals surface area contributed by atoms with Crippen LogP contribution in [0.3, 0.4) is 0 Å². The van der Waals surface area contributed by atoms with E-state index in [1.165, 1.54) is 0 Å². The molecule has 1 aromatic carbocycles. The number of fused-ring (bicyclic) bond motifs is 1. The van der Waals surface area contributed by atoms with E-state index < -0.39 is 5.97 Å². The summed E-state index contributed by atoms with van der Waals surface area (Å²) in [7, 11) is 1.84. The first-order valence-corrected chi connectivity index (χ1v) is 5.45. The van der Waals surface area contributed by atoms with Crippen LogP contribution in [0.25, 0.3) is 10.9 Å². The maximum Gasteiger partial charge on any atom is 0.335 e. The lowest BCUT2D eigenvalue weighted by molar-refractivity contribution is 0.0697. The van der Waals surface area contributed by atoms with Crippen molar-refractivity contribution in [3.8, 4) is 0 Å². The molecule has 17 heavy (non-hydrogen) atoms. The van der Waals surface area contributed by atoms with Gasteiger partial charge in [-0.2, -0.15) is 5.10 Å². The predicted octanol–water partition coefficient (Wildman–Crippen LogP) is 2.09. The normalized spacial score (nSPS) is 11.1. The standard InChI is InChI=1S/C12H15N3O2/c1-7(2)13-11-9-6-8(12(16)17)4-5-10(9)15(3)14-11/h4-7H,1-3H3,(H,13,14)(H,16,17). The average molecular weight is 233 g/mol. The molecule has 0 saturated heterocycles. The zero-order chi connectivity index (χ0) is 12.6. The van der Waals surface area contributed by atoms with Crippen molar-refractivity contribution in [3.63, 3.8) is 0 Å². The molecule has 5 nitrogen and oxygen atoms in total. The van der Waals surface area contributed by atoms with Crippen molar-refractivity contribution >= 4 is 22.7 Å². The Morgan fingerprint density at radius 3 is 2.76 bits per heavy atom. The number of hydrogen-bond acceptors (Lipinski definition) is 3. The molecule has 2 rings (SSSR count). The highest BCUT2D eigenvalue weighted by atomic mass is 16.4. The first kappa shape index (κ1) is 11.4. The smallest absolute Gasteiger partial charge is 0.335 e. The van der Waals surface area contributed by atoms with Crippen LogP contribution in [-0.4, -0.2) is 26.9 Å². The second-order valence-electron chi connectivity index (χ2n) is 4.31. The Hall–Kier alpha value is -2.04. The summed E-state index contributed by atoms with van der Waals surface area (Å²) < 4.78 is 1.74. The molecule has 90 valence electrons. The number of rotatable bonds is 3. The molecule has 5 heteroatoms. The molecular formula is C12H15N3O2. The van der Waals surface area contributed by atoms with E-state index in [0.717, 1.165) is 16.7 Å². The van der Waals surface area contributed by atoms with Crippen molar-refractivity contribution in [2.75, 3.05) is 5.32 Å². The highest BCUT2D eigenvalue weighted by molar-refractivity contribution is 5.97. The molecule has 1 heterocycles. The van der Waals surface area contributed by atoms with Gasteiger partial charge in [0.05, 0.1) is 11.1 Å². The SMILES string of the molecule is CC(C)Nc1nn(C)c2ccc(C(=O)O)cc12. The fourth-order valence-corrected chi connectivity index (χ4v) is 1.78. The number of benzene rings is 1. The number of nitrogens with one attached hydrogen (secondary N) is 1. The number of aromatic nitrogens is 2. The second-order valence-corrected chi connectivity index (χ2v) is 4.31.